The number of hydrogen-bond acceptors (Lipinski definition) is 3. The van der Waals surface area contributed by atoms with Crippen molar-refractivity contribution in [3.63, 3.8) is 0 Å². The van der Waals surface area contributed by atoms with Crippen LogP contribution >= 0.6 is 23.2 Å². The lowest BCUT2D eigenvalue weighted by Gasteiger charge is -2.03. The van der Waals surface area contributed by atoms with E-state index in [1.807, 2.05) is 0 Å². The van der Waals surface area contributed by atoms with E-state index in [1.165, 1.54) is 10.6 Å². The van der Waals surface area contributed by atoms with Crippen LogP contribution in [0, 0.1) is 11.6 Å². The molecular weight excluding hydrogens is 297 g/mol. The largest absolute Gasteiger partial charge is 0.206 e. The van der Waals surface area contributed by atoms with Gasteiger partial charge in [0.05, 0.1) is 10.6 Å². The smallest absolute Gasteiger partial charge is 0.188 e. The van der Waals surface area contributed by atoms with Gasteiger partial charge in [0.15, 0.2) is 11.5 Å². The number of benzene rings is 1. The topological polar surface area (TPSA) is 43.1 Å². The summed E-state index contributed by atoms with van der Waals surface area (Å²) in [5.74, 6) is -1.43. The summed E-state index contributed by atoms with van der Waals surface area (Å²) >= 11 is 11.3. The zero-order valence-corrected chi connectivity index (χ0v) is 10.6. The maximum absolute atomic E-state index is 13.8. The predicted molar refractivity (Wildman–Crippen MR) is 66.2 cm³/mol. The lowest BCUT2D eigenvalue weighted by molar-refractivity contribution is 0.602. The quantitative estimate of drug-likeness (QED) is 0.647. The molecule has 0 bridgehead atoms. The van der Waals surface area contributed by atoms with Crippen LogP contribution in [0.3, 0.4) is 0 Å². The van der Waals surface area contributed by atoms with Crippen molar-refractivity contribution in [2.45, 2.75) is 0 Å². The number of aromatic nitrogens is 4. The minimum atomic E-state index is -0.753. The normalized spacial score (nSPS) is 11.2. The molecule has 0 aliphatic heterocycles. The van der Waals surface area contributed by atoms with E-state index in [-0.39, 0.29) is 21.6 Å². The van der Waals surface area contributed by atoms with Crippen molar-refractivity contribution >= 4 is 28.8 Å². The van der Waals surface area contributed by atoms with Gasteiger partial charge < -0.3 is 0 Å². The molecule has 3 rings (SSSR count). The Kier molecular flexibility index (Phi) is 2.83. The van der Waals surface area contributed by atoms with Crippen LogP contribution in [0.4, 0.5) is 8.78 Å². The first-order valence-electron chi connectivity index (χ1n) is 5.09. The lowest BCUT2D eigenvalue weighted by atomic mass is 10.2. The summed E-state index contributed by atoms with van der Waals surface area (Å²) in [6.45, 7) is 0. The highest BCUT2D eigenvalue weighted by molar-refractivity contribution is 6.30. The van der Waals surface area contributed by atoms with Crippen molar-refractivity contribution in [2.75, 3.05) is 0 Å². The summed E-state index contributed by atoms with van der Waals surface area (Å²) in [6.07, 6.45) is 0. The zero-order chi connectivity index (χ0) is 13.6. The lowest BCUT2D eigenvalue weighted by Crippen LogP contribution is -1.97. The first kappa shape index (κ1) is 12.3. The van der Waals surface area contributed by atoms with E-state index in [1.54, 1.807) is 6.07 Å². The fraction of sp³-hybridized carbons (Fsp3) is 0. The average Bonchev–Trinajstić information content (AvgIpc) is 2.76. The summed E-state index contributed by atoms with van der Waals surface area (Å²) in [7, 11) is 0. The standard InChI is InChI=1S/C11H4Cl2F2N4/c12-6-4-7(14)5(3-8(6)15)11-17-16-10-2-1-9(13)18-19(10)11/h1-4H. The maximum Gasteiger partial charge on any atom is 0.188 e. The highest BCUT2D eigenvalue weighted by Crippen LogP contribution is 2.26. The molecule has 0 saturated carbocycles. The van der Waals surface area contributed by atoms with Gasteiger partial charge in [0.1, 0.15) is 16.8 Å². The van der Waals surface area contributed by atoms with E-state index in [0.717, 1.165) is 12.1 Å². The van der Waals surface area contributed by atoms with Crippen molar-refractivity contribution < 1.29 is 8.78 Å². The molecule has 8 heteroatoms. The summed E-state index contributed by atoms with van der Waals surface area (Å²) < 4.78 is 28.5. The van der Waals surface area contributed by atoms with E-state index in [2.05, 4.69) is 15.3 Å². The number of rotatable bonds is 1. The maximum atomic E-state index is 13.8. The second-order valence-corrected chi connectivity index (χ2v) is 4.49. The van der Waals surface area contributed by atoms with Gasteiger partial charge in [0.2, 0.25) is 0 Å². The molecule has 0 aliphatic carbocycles. The molecule has 0 N–H and O–H groups in total. The molecule has 1 aromatic carbocycles. The number of fused-ring (bicyclic) bond motifs is 1. The molecule has 0 aliphatic rings. The van der Waals surface area contributed by atoms with E-state index in [9.17, 15) is 8.78 Å². The Morgan fingerprint density at radius 2 is 1.79 bits per heavy atom. The minimum Gasteiger partial charge on any atom is -0.206 e. The fourth-order valence-corrected chi connectivity index (χ4v) is 1.92. The zero-order valence-electron chi connectivity index (χ0n) is 9.11. The van der Waals surface area contributed by atoms with Crippen LogP contribution in [-0.2, 0) is 0 Å². The molecule has 96 valence electrons. The van der Waals surface area contributed by atoms with E-state index in [0.29, 0.717) is 5.65 Å². The molecule has 0 amide bonds. The predicted octanol–water partition coefficient (Wildman–Crippen LogP) is 3.38. The van der Waals surface area contributed by atoms with Crippen molar-refractivity contribution in [1.82, 2.24) is 19.8 Å². The third kappa shape index (κ3) is 2.02. The Labute approximate surface area is 115 Å². The Balaban J connectivity index is 2.30. The molecule has 2 heterocycles. The van der Waals surface area contributed by atoms with Crippen LogP contribution in [0.5, 0.6) is 0 Å². The fourth-order valence-electron chi connectivity index (χ4n) is 1.63. The molecule has 0 saturated heterocycles. The Bertz CT molecular complexity index is 788. The molecule has 0 unspecified atom stereocenters. The van der Waals surface area contributed by atoms with Gasteiger partial charge in [-0.05, 0) is 24.3 Å². The van der Waals surface area contributed by atoms with Gasteiger partial charge in [0.25, 0.3) is 0 Å². The third-order valence-electron chi connectivity index (χ3n) is 2.48. The van der Waals surface area contributed by atoms with Gasteiger partial charge >= 0.3 is 0 Å². The third-order valence-corrected chi connectivity index (χ3v) is 2.97. The molecule has 0 radical (unpaired) electrons. The second kappa shape index (κ2) is 4.40. The Morgan fingerprint density at radius 3 is 2.58 bits per heavy atom. The van der Waals surface area contributed by atoms with Gasteiger partial charge in [0, 0.05) is 0 Å². The number of halogens is 4. The highest BCUT2D eigenvalue weighted by Gasteiger charge is 2.16. The number of hydrogen-bond donors (Lipinski definition) is 0. The van der Waals surface area contributed by atoms with Crippen LogP contribution in [-0.4, -0.2) is 19.8 Å². The van der Waals surface area contributed by atoms with Crippen LogP contribution in [0.15, 0.2) is 24.3 Å². The average molecular weight is 301 g/mol. The second-order valence-electron chi connectivity index (χ2n) is 3.70. The van der Waals surface area contributed by atoms with Crippen LogP contribution < -0.4 is 0 Å². The van der Waals surface area contributed by atoms with E-state index >= 15 is 0 Å². The summed E-state index contributed by atoms with van der Waals surface area (Å²) in [6, 6.07) is 4.90. The van der Waals surface area contributed by atoms with Crippen molar-refractivity contribution in [3.05, 3.63) is 46.1 Å². The molecule has 3 aromatic rings. The van der Waals surface area contributed by atoms with Gasteiger partial charge in [-0.3, -0.25) is 0 Å². The van der Waals surface area contributed by atoms with Gasteiger partial charge in [-0.25, -0.2) is 8.78 Å². The summed E-state index contributed by atoms with van der Waals surface area (Å²) in [5.41, 5.74) is 0.276. The Hall–Kier alpha value is -1.79. The van der Waals surface area contributed by atoms with E-state index < -0.39 is 11.6 Å². The number of nitrogens with zero attached hydrogens (tertiary/aromatic N) is 4. The van der Waals surface area contributed by atoms with Crippen LogP contribution in [0.1, 0.15) is 0 Å². The van der Waals surface area contributed by atoms with Crippen LogP contribution in [0.2, 0.25) is 10.2 Å². The van der Waals surface area contributed by atoms with Crippen LogP contribution in [0.25, 0.3) is 17.0 Å². The van der Waals surface area contributed by atoms with Gasteiger partial charge in [-0.15, -0.1) is 10.2 Å². The minimum absolute atomic E-state index is 0.0468. The molecule has 4 nitrogen and oxygen atoms in total. The van der Waals surface area contributed by atoms with Crippen molar-refractivity contribution in [1.29, 1.82) is 0 Å². The van der Waals surface area contributed by atoms with Gasteiger partial charge in [-0.1, -0.05) is 23.2 Å². The SMILES string of the molecule is Fc1cc(-c2nnc3ccc(Cl)nn23)c(F)cc1Cl. The first-order chi connectivity index (χ1) is 9.06. The molecule has 19 heavy (non-hydrogen) atoms. The van der Waals surface area contributed by atoms with E-state index in [4.69, 9.17) is 23.2 Å². The molecule has 0 spiro atoms. The molecule has 2 aromatic heterocycles. The Morgan fingerprint density at radius 1 is 1.00 bits per heavy atom. The summed E-state index contributed by atoms with van der Waals surface area (Å²) in [4.78, 5) is 0. The molecular formula is C11H4Cl2F2N4. The first-order valence-corrected chi connectivity index (χ1v) is 5.85. The highest BCUT2D eigenvalue weighted by atomic mass is 35.5. The van der Waals surface area contributed by atoms with Crippen molar-refractivity contribution in [2.24, 2.45) is 0 Å². The molecule has 0 atom stereocenters. The van der Waals surface area contributed by atoms with Gasteiger partial charge in [-0.2, -0.15) is 9.61 Å². The van der Waals surface area contributed by atoms with Crippen molar-refractivity contribution in [3.8, 4) is 11.4 Å². The summed E-state index contributed by atoms with van der Waals surface area (Å²) in [5, 5.41) is 11.4. The monoisotopic (exact) mass is 300 g/mol. The molecule has 0 fully saturated rings.